The van der Waals surface area contributed by atoms with Crippen LogP contribution in [0.25, 0.3) is 0 Å². The third-order valence-electron chi connectivity index (χ3n) is 4.02. The van der Waals surface area contributed by atoms with Crippen LogP contribution >= 0.6 is 11.6 Å². The van der Waals surface area contributed by atoms with E-state index >= 15 is 0 Å². The minimum atomic E-state index is -1.12. The molecule has 0 fully saturated rings. The van der Waals surface area contributed by atoms with Crippen LogP contribution in [0.1, 0.15) is 28.4 Å². The molecule has 5 nitrogen and oxygen atoms in total. The highest BCUT2D eigenvalue weighted by molar-refractivity contribution is 6.32. The zero-order valence-corrected chi connectivity index (χ0v) is 13.7. The molecule has 126 valence electrons. The number of amides is 1. The molecule has 1 aliphatic heterocycles. The minimum absolute atomic E-state index is 0.300. The zero-order chi connectivity index (χ0) is 17.4. The summed E-state index contributed by atoms with van der Waals surface area (Å²) in [4.78, 5) is 14.1. The molecule has 0 radical (unpaired) electrons. The summed E-state index contributed by atoms with van der Waals surface area (Å²) in [6, 6.07) is 6.58. The van der Waals surface area contributed by atoms with Crippen LogP contribution in [-0.4, -0.2) is 27.6 Å². The molecule has 0 saturated heterocycles. The Bertz CT molecular complexity index is 826. The lowest BCUT2D eigenvalue weighted by Crippen LogP contribution is -2.26. The van der Waals surface area contributed by atoms with Gasteiger partial charge in [0.25, 0.3) is 5.91 Å². The van der Waals surface area contributed by atoms with E-state index in [-0.39, 0.29) is 0 Å². The van der Waals surface area contributed by atoms with Crippen LogP contribution in [0.15, 0.2) is 24.3 Å². The fourth-order valence-corrected chi connectivity index (χ4v) is 3.03. The van der Waals surface area contributed by atoms with Crippen LogP contribution in [0.4, 0.5) is 10.1 Å². The van der Waals surface area contributed by atoms with Crippen molar-refractivity contribution < 1.29 is 19.4 Å². The van der Waals surface area contributed by atoms with Gasteiger partial charge < -0.3 is 20.4 Å². The number of phenols is 2. The lowest BCUT2D eigenvalue weighted by atomic mass is 10.1. The van der Waals surface area contributed by atoms with E-state index in [0.29, 0.717) is 13.1 Å². The Morgan fingerprint density at radius 1 is 1.33 bits per heavy atom. The van der Waals surface area contributed by atoms with E-state index in [9.17, 15) is 19.4 Å². The van der Waals surface area contributed by atoms with Crippen LogP contribution in [0.2, 0.25) is 5.02 Å². The van der Waals surface area contributed by atoms with E-state index in [0.717, 1.165) is 29.4 Å². The number of hydrogen-bond donors (Lipinski definition) is 3. The van der Waals surface area contributed by atoms with E-state index in [1.165, 1.54) is 4.90 Å². The van der Waals surface area contributed by atoms with Gasteiger partial charge >= 0.3 is 0 Å². The third kappa shape index (κ3) is 2.63. The fraction of sp³-hybridized carbons (Fsp3) is 0.235. The van der Waals surface area contributed by atoms with E-state index in [1.54, 1.807) is 0 Å². The summed E-state index contributed by atoms with van der Waals surface area (Å²) in [6.07, 6.45) is 0. The van der Waals surface area contributed by atoms with Crippen molar-refractivity contribution in [3.05, 3.63) is 51.8 Å². The standard InChI is InChI=1S/C17H16ClFN2O3/c1-2-20-11-5-3-4-9-7-21(8-10(9)11)17(24)14-12(22)6-13(23)15(18)16(14)19/h3-6,20,22-23H,2,7-8H2,1H3. The summed E-state index contributed by atoms with van der Waals surface area (Å²) in [5.41, 5.74) is 2.33. The summed E-state index contributed by atoms with van der Waals surface area (Å²) in [5.74, 6) is -3.04. The molecule has 3 rings (SSSR count). The number of hydrogen-bond acceptors (Lipinski definition) is 4. The molecular weight excluding hydrogens is 335 g/mol. The number of carbonyl (C=O) groups excluding carboxylic acids is 1. The van der Waals surface area contributed by atoms with Crippen molar-refractivity contribution in [2.75, 3.05) is 11.9 Å². The van der Waals surface area contributed by atoms with Crippen molar-refractivity contribution in [1.29, 1.82) is 0 Å². The van der Waals surface area contributed by atoms with Gasteiger partial charge in [0.05, 0.1) is 0 Å². The molecule has 3 N–H and O–H groups in total. The number of nitrogens with zero attached hydrogens (tertiary/aromatic N) is 1. The minimum Gasteiger partial charge on any atom is -0.507 e. The summed E-state index contributed by atoms with van der Waals surface area (Å²) >= 11 is 5.64. The van der Waals surface area contributed by atoms with Crippen molar-refractivity contribution in [3.8, 4) is 11.5 Å². The maximum atomic E-state index is 14.2. The lowest BCUT2D eigenvalue weighted by Gasteiger charge is -2.17. The Labute approximate surface area is 143 Å². The number of halogens is 2. The molecule has 0 aromatic heterocycles. The monoisotopic (exact) mass is 350 g/mol. The summed E-state index contributed by atoms with van der Waals surface area (Å²) in [5, 5.41) is 21.9. The van der Waals surface area contributed by atoms with Gasteiger partial charge in [-0.05, 0) is 24.1 Å². The maximum Gasteiger partial charge on any atom is 0.261 e. The van der Waals surface area contributed by atoms with Gasteiger partial charge in [0, 0.05) is 31.4 Å². The molecule has 0 bridgehead atoms. The molecule has 2 aromatic rings. The quantitative estimate of drug-likeness (QED) is 0.792. The van der Waals surface area contributed by atoms with Crippen molar-refractivity contribution in [1.82, 2.24) is 4.90 Å². The van der Waals surface area contributed by atoms with Crippen LogP contribution in [0, 0.1) is 5.82 Å². The fourth-order valence-electron chi connectivity index (χ4n) is 2.88. The average molecular weight is 351 g/mol. The van der Waals surface area contributed by atoms with E-state index in [4.69, 9.17) is 11.6 Å². The van der Waals surface area contributed by atoms with Crippen molar-refractivity contribution in [2.24, 2.45) is 0 Å². The van der Waals surface area contributed by atoms with Gasteiger partial charge in [-0.25, -0.2) is 4.39 Å². The molecule has 1 heterocycles. The van der Waals surface area contributed by atoms with Crippen molar-refractivity contribution >= 4 is 23.2 Å². The lowest BCUT2D eigenvalue weighted by molar-refractivity contribution is 0.0743. The molecular formula is C17H16ClFN2O3. The summed E-state index contributed by atoms with van der Waals surface area (Å²) < 4.78 is 14.2. The number of rotatable bonds is 3. The Balaban J connectivity index is 1.94. The van der Waals surface area contributed by atoms with Crippen LogP contribution in [0.3, 0.4) is 0 Å². The molecule has 0 atom stereocenters. The van der Waals surface area contributed by atoms with Gasteiger partial charge in [0.2, 0.25) is 0 Å². The topological polar surface area (TPSA) is 72.8 Å². The highest BCUT2D eigenvalue weighted by Crippen LogP contribution is 2.37. The number of nitrogens with one attached hydrogen (secondary N) is 1. The second-order valence-corrected chi connectivity index (χ2v) is 5.93. The van der Waals surface area contributed by atoms with Gasteiger partial charge in [-0.2, -0.15) is 0 Å². The van der Waals surface area contributed by atoms with E-state index < -0.39 is 33.8 Å². The molecule has 24 heavy (non-hydrogen) atoms. The first-order valence-corrected chi connectivity index (χ1v) is 7.85. The SMILES string of the molecule is CCNc1cccc2c1CN(C(=O)c1c(O)cc(O)c(Cl)c1F)C2. The normalized spacial score (nSPS) is 13.0. The number of carbonyl (C=O) groups is 1. The average Bonchev–Trinajstić information content (AvgIpc) is 2.98. The Morgan fingerprint density at radius 2 is 2.08 bits per heavy atom. The van der Waals surface area contributed by atoms with Crippen LogP contribution in [-0.2, 0) is 13.1 Å². The number of fused-ring (bicyclic) bond motifs is 1. The molecule has 7 heteroatoms. The first-order valence-electron chi connectivity index (χ1n) is 7.47. The van der Waals surface area contributed by atoms with E-state index in [1.807, 2.05) is 25.1 Å². The van der Waals surface area contributed by atoms with Gasteiger partial charge in [0.1, 0.15) is 22.1 Å². The first-order chi connectivity index (χ1) is 11.4. The largest absolute Gasteiger partial charge is 0.507 e. The molecule has 0 aliphatic carbocycles. The zero-order valence-electron chi connectivity index (χ0n) is 12.9. The van der Waals surface area contributed by atoms with Crippen molar-refractivity contribution in [3.63, 3.8) is 0 Å². The molecule has 0 saturated carbocycles. The Hall–Kier alpha value is -2.47. The number of aromatic hydroxyl groups is 2. The highest BCUT2D eigenvalue weighted by atomic mass is 35.5. The van der Waals surface area contributed by atoms with Gasteiger partial charge in [-0.15, -0.1) is 0 Å². The summed E-state index contributed by atoms with van der Waals surface area (Å²) in [6.45, 7) is 3.33. The number of benzene rings is 2. The molecule has 0 spiro atoms. The van der Waals surface area contributed by atoms with Crippen molar-refractivity contribution in [2.45, 2.75) is 20.0 Å². The second kappa shape index (κ2) is 6.20. The highest BCUT2D eigenvalue weighted by Gasteiger charge is 2.31. The Kier molecular flexibility index (Phi) is 4.24. The predicted octanol–water partition coefficient (Wildman–Crippen LogP) is 3.48. The molecule has 2 aromatic carbocycles. The smallest absolute Gasteiger partial charge is 0.261 e. The van der Waals surface area contributed by atoms with Gasteiger partial charge in [0.15, 0.2) is 5.82 Å². The van der Waals surface area contributed by atoms with Crippen LogP contribution in [0.5, 0.6) is 11.5 Å². The number of phenolic OH excluding ortho intramolecular Hbond substituents is 2. The molecule has 1 amide bonds. The van der Waals surface area contributed by atoms with Gasteiger partial charge in [-0.3, -0.25) is 4.79 Å². The maximum absolute atomic E-state index is 14.2. The summed E-state index contributed by atoms with van der Waals surface area (Å²) in [7, 11) is 0. The first kappa shape index (κ1) is 16.4. The van der Waals surface area contributed by atoms with E-state index in [2.05, 4.69) is 5.32 Å². The predicted molar refractivity (Wildman–Crippen MR) is 88.9 cm³/mol. The van der Waals surface area contributed by atoms with Gasteiger partial charge in [-0.1, -0.05) is 23.7 Å². The second-order valence-electron chi connectivity index (χ2n) is 5.55. The molecule has 0 unspecified atom stereocenters. The Morgan fingerprint density at radius 3 is 2.79 bits per heavy atom. The number of anilines is 1. The van der Waals surface area contributed by atoms with Crippen LogP contribution < -0.4 is 5.32 Å². The third-order valence-corrected chi connectivity index (χ3v) is 4.38. The molecule has 1 aliphatic rings.